The van der Waals surface area contributed by atoms with Crippen molar-refractivity contribution in [2.24, 2.45) is 5.92 Å². The Hall–Kier alpha value is -8.10. The maximum absolute atomic E-state index is 15.7. The van der Waals surface area contributed by atoms with Crippen molar-refractivity contribution in [1.82, 2.24) is 45.5 Å². The number of amides is 2. The number of hydrogen-bond acceptors (Lipinski definition) is 15. The summed E-state index contributed by atoms with van der Waals surface area (Å²) in [5.74, 6) is -0.526. The quantitative estimate of drug-likeness (QED) is 0.0576. The molecular formula is C64H69FN10O8. The van der Waals surface area contributed by atoms with Gasteiger partial charge in [-0.05, 0) is 94.5 Å². The summed E-state index contributed by atoms with van der Waals surface area (Å²) in [6, 6.07) is 27.9. The summed E-state index contributed by atoms with van der Waals surface area (Å²) in [5, 5.41) is 50.2. The standard InChI is InChI=1S/C64H69FN10O8/c1-5-48-52(65)21-18-42-26-45(77)27-50(56(42)48)57-60(58-51(29-66-57)61(73-30-43-19-20-44(31-73)67-43)70-64(69-58)83-47-22-24-81-25-23-47)82-35-38-10-12-40(13-11-38)53-33-75(72-71-53)59(36(2)3)63(80)74-32-46(78)28-55(74)62(79)68-54(34-76)41-16-14-39(15-17-41)49-9-7-6-8-37(49)4/h6-18,21,26-27,29,33,36,43-44,46-47,54-55,59,67,76-78H,5,19-20,22-25,28,30-32,34-35H2,1-4H3,(H,68,79)/t43?,44?,46-,54+,55+,59+/m1/s1. The number of likely N-dealkylation sites (tertiary alicyclic amines) is 1. The highest BCUT2D eigenvalue weighted by atomic mass is 19.1. The first-order valence-electron chi connectivity index (χ1n) is 28.9. The fraction of sp³-hybridized carbons (Fsp3) is 0.391. The molecule has 12 rings (SSSR count). The smallest absolute Gasteiger partial charge is 0.319 e. The fourth-order valence-electron chi connectivity index (χ4n) is 12.5. The van der Waals surface area contributed by atoms with Crippen molar-refractivity contribution >= 4 is 39.3 Å². The van der Waals surface area contributed by atoms with Crippen LogP contribution in [-0.4, -0.2) is 132 Å². The topological polar surface area (TPSA) is 222 Å². The first kappa shape index (κ1) is 55.4. The van der Waals surface area contributed by atoms with E-state index in [2.05, 4.69) is 25.8 Å². The molecule has 4 aliphatic rings. The van der Waals surface area contributed by atoms with Crippen molar-refractivity contribution in [3.8, 4) is 51.2 Å². The lowest BCUT2D eigenvalue weighted by atomic mass is 9.94. The van der Waals surface area contributed by atoms with Gasteiger partial charge >= 0.3 is 6.01 Å². The number of rotatable bonds is 17. The van der Waals surface area contributed by atoms with Gasteiger partial charge in [-0.3, -0.25) is 14.6 Å². The summed E-state index contributed by atoms with van der Waals surface area (Å²) in [6.07, 6.45) is 6.30. The number of ether oxygens (including phenoxy) is 3. The highest BCUT2D eigenvalue weighted by Gasteiger charge is 2.43. The van der Waals surface area contributed by atoms with Crippen LogP contribution < -0.4 is 25.0 Å². The zero-order chi connectivity index (χ0) is 57.5. The predicted molar refractivity (Wildman–Crippen MR) is 312 cm³/mol. The van der Waals surface area contributed by atoms with Crippen LogP contribution in [0.4, 0.5) is 10.2 Å². The minimum atomic E-state index is -0.988. The summed E-state index contributed by atoms with van der Waals surface area (Å²) < 4.78 is 36.4. The van der Waals surface area contributed by atoms with E-state index >= 15 is 4.39 Å². The van der Waals surface area contributed by atoms with E-state index in [4.69, 9.17) is 29.2 Å². The van der Waals surface area contributed by atoms with E-state index in [9.17, 15) is 24.9 Å². The number of aliphatic hydroxyl groups is 2. The lowest BCUT2D eigenvalue weighted by molar-refractivity contribution is -0.142. The van der Waals surface area contributed by atoms with E-state index < -0.39 is 30.1 Å². The van der Waals surface area contributed by atoms with E-state index in [-0.39, 0.29) is 61.7 Å². The van der Waals surface area contributed by atoms with Crippen molar-refractivity contribution in [3.05, 3.63) is 138 Å². The molecule has 0 saturated carbocycles. The number of phenols is 1. The first-order chi connectivity index (χ1) is 40.3. The molecule has 7 heterocycles. The van der Waals surface area contributed by atoms with Crippen LogP contribution in [0, 0.1) is 18.7 Å². The largest absolute Gasteiger partial charge is 0.508 e. The van der Waals surface area contributed by atoms with Crippen LogP contribution in [0.25, 0.3) is 55.3 Å². The third kappa shape index (κ3) is 11.3. The Bertz CT molecular complexity index is 3680. The molecule has 2 amide bonds. The third-order valence-electron chi connectivity index (χ3n) is 16.8. The van der Waals surface area contributed by atoms with Gasteiger partial charge in [0, 0.05) is 68.3 Å². The number of carbonyl (C=O) groups is 2. The number of phenolic OH excluding ortho intramolecular Hbond substituents is 1. The fourth-order valence-corrected chi connectivity index (χ4v) is 12.5. The van der Waals surface area contributed by atoms with Gasteiger partial charge in [0.15, 0.2) is 5.75 Å². The number of anilines is 1. The van der Waals surface area contributed by atoms with Crippen molar-refractivity contribution in [1.29, 1.82) is 0 Å². The van der Waals surface area contributed by atoms with Gasteiger partial charge in [0.25, 0.3) is 0 Å². The average molecular weight is 1130 g/mol. The van der Waals surface area contributed by atoms with E-state index in [1.165, 1.54) is 15.6 Å². The zero-order valence-corrected chi connectivity index (χ0v) is 47.0. The molecule has 4 saturated heterocycles. The molecule has 8 aromatic rings. The summed E-state index contributed by atoms with van der Waals surface area (Å²) in [5.41, 5.74) is 7.74. The first-order valence-corrected chi connectivity index (χ1v) is 28.9. The van der Waals surface area contributed by atoms with Gasteiger partial charge in [0.05, 0.1) is 43.5 Å². The summed E-state index contributed by atoms with van der Waals surface area (Å²) in [7, 11) is 0. The number of β-amino-alcohol motifs (C(OH)–C–C–N with tert-alkyl or cyclic N) is 1. The van der Waals surface area contributed by atoms with Gasteiger partial charge in [-0.2, -0.15) is 9.97 Å². The molecule has 4 aliphatic heterocycles. The third-order valence-corrected chi connectivity index (χ3v) is 16.8. The number of fused-ring (bicyclic) bond motifs is 4. The number of halogens is 1. The molecule has 4 fully saturated rings. The Labute approximate surface area is 480 Å². The highest BCUT2D eigenvalue weighted by Crippen LogP contribution is 2.44. The summed E-state index contributed by atoms with van der Waals surface area (Å²) >= 11 is 0. The number of hydrogen-bond donors (Lipinski definition) is 5. The molecule has 0 aliphatic carbocycles. The highest BCUT2D eigenvalue weighted by molar-refractivity contribution is 6.04. The van der Waals surface area contributed by atoms with Crippen molar-refractivity contribution in [3.63, 3.8) is 0 Å². The summed E-state index contributed by atoms with van der Waals surface area (Å²) in [4.78, 5) is 47.7. The van der Waals surface area contributed by atoms with Crippen LogP contribution in [-0.2, 0) is 27.4 Å². The molecule has 19 heteroatoms. The Morgan fingerprint density at radius 2 is 1.65 bits per heavy atom. The van der Waals surface area contributed by atoms with Crippen molar-refractivity contribution in [2.45, 2.75) is 115 Å². The molecule has 3 aromatic heterocycles. The number of benzene rings is 5. The average Bonchev–Trinajstić information content (AvgIpc) is 4.47. The number of aromatic nitrogens is 6. The number of aryl methyl sites for hydroxylation is 2. The number of nitrogens with one attached hydrogen (secondary N) is 2. The minimum absolute atomic E-state index is 0.0139. The SMILES string of the molecule is CCc1c(F)ccc2cc(O)cc(-c3ncc4c(N5CC6CCC(C5)N6)nc(OC5CCOCC5)nc4c3OCc3ccc(-c4cn([C@H](C(=O)N5C[C@H](O)C[C@H]5C(=O)N[C@@H](CO)c5ccc(-c6ccccc6C)cc5)C(C)C)nn4)cc3)c12. The maximum Gasteiger partial charge on any atom is 0.319 e. The Balaban J connectivity index is 0.817. The van der Waals surface area contributed by atoms with Gasteiger partial charge < -0.3 is 50.0 Å². The van der Waals surface area contributed by atoms with Gasteiger partial charge in [-0.25, -0.2) is 9.07 Å². The molecule has 2 unspecified atom stereocenters. The number of carbonyl (C=O) groups excluding carboxylic acids is 2. The van der Waals surface area contributed by atoms with Gasteiger partial charge in [-0.1, -0.05) is 105 Å². The monoisotopic (exact) mass is 1120 g/mol. The Kier molecular flexibility index (Phi) is 15.8. The molecule has 2 bridgehead atoms. The van der Waals surface area contributed by atoms with Crippen molar-refractivity contribution in [2.75, 3.05) is 44.4 Å². The predicted octanol–water partition coefficient (Wildman–Crippen LogP) is 8.57. The molecule has 430 valence electrons. The van der Waals surface area contributed by atoms with E-state index in [1.807, 2.05) is 100 Å². The van der Waals surface area contributed by atoms with E-state index in [0.29, 0.717) is 106 Å². The Morgan fingerprint density at radius 1 is 0.904 bits per heavy atom. The van der Waals surface area contributed by atoms with Crippen LogP contribution in [0.5, 0.6) is 17.5 Å². The van der Waals surface area contributed by atoms with Crippen molar-refractivity contribution < 1.29 is 43.5 Å². The van der Waals surface area contributed by atoms with Crippen LogP contribution >= 0.6 is 0 Å². The second kappa shape index (κ2) is 23.6. The minimum Gasteiger partial charge on any atom is -0.508 e. The molecule has 5 aromatic carbocycles. The number of aliphatic hydroxyl groups excluding tert-OH is 2. The zero-order valence-electron chi connectivity index (χ0n) is 47.0. The lowest BCUT2D eigenvalue weighted by Gasteiger charge is -2.34. The molecule has 83 heavy (non-hydrogen) atoms. The molecule has 6 atom stereocenters. The molecule has 0 radical (unpaired) electrons. The molecule has 5 N–H and O–H groups in total. The molecule has 18 nitrogen and oxygen atoms in total. The van der Waals surface area contributed by atoms with Crippen LogP contribution in [0.3, 0.4) is 0 Å². The Morgan fingerprint density at radius 3 is 2.37 bits per heavy atom. The van der Waals surface area contributed by atoms with Crippen LogP contribution in [0.15, 0.2) is 109 Å². The second-order valence-corrected chi connectivity index (χ2v) is 22.8. The molecule has 0 spiro atoms. The summed E-state index contributed by atoms with van der Waals surface area (Å²) in [6.45, 7) is 9.99. The number of nitrogens with zero attached hydrogens (tertiary/aromatic N) is 8. The maximum atomic E-state index is 15.7. The van der Waals surface area contributed by atoms with Gasteiger partial charge in [0.2, 0.25) is 11.8 Å². The van der Waals surface area contributed by atoms with Crippen LogP contribution in [0.2, 0.25) is 0 Å². The lowest BCUT2D eigenvalue weighted by Crippen LogP contribution is -2.51. The van der Waals surface area contributed by atoms with E-state index in [1.54, 1.807) is 30.6 Å². The number of aromatic hydroxyl groups is 1. The molecular weight excluding hydrogens is 1060 g/mol. The van der Waals surface area contributed by atoms with Gasteiger partial charge in [-0.15, -0.1) is 5.10 Å². The van der Waals surface area contributed by atoms with E-state index in [0.717, 1.165) is 53.7 Å². The van der Waals surface area contributed by atoms with Gasteiger partial charge in [0.1, 0.15) is 59.1 Å². The number of pyridine rings is 1. The van der Waals surface area contributed by atoms with Crippen LogP contribution in [0.1, 0.15) is 87.2 Å². The second-order valence-electron chi connectivity index (χ2n) is 22.8. The normalized spacial score (nSPS) is 19.9. The number of piperazine rings is 1.